The third kappa shape index (κ3) is 1.34. The minimum absolute atomic E-state index is 0.129. The van der Waals surface area contributed by atoms with Crippen molar-refractivity contribution >= 4 is 0 Å². The molecule has 62 valence electrons. The second kappa shape index (κ2) is 2.34. The zero-order valence-corrected chi connectivity index (χ0v) is 7.34. The zero-order chi connectivity index (χ0) is 7.90. The predicted molar refractivity (Wildman–Crippen MR) is 45.4 cm³/mol. The van der Waals surface area contributed by atoms with Crippen molar-refractivity contribution < 1.29 is 4.74 Å². The van der Waals surface area contributed by atoms with Crippen LogP contribution in [0, 0.1) is 5.92 Å². The molecule has 0 aromatic carbocycles. The largest absolute Gasteiger partial charge is 0.372 e. The third-order valence-electron chi connectivity index (χ3n) is 2.68. The van der Waals surface area contributed by atoms with Gasteiger partial charge in [-0.25, -0.2) is 0 Å². The zero-order valence-electron chi connectivity index (χ0n) is 7.34. The van der Waals surface area contributed by atoms with Gasteiger partial charge in [0, 0.05) is 5.92 Å². The van der Waals surface area contributed by atoms with Crippen molar-refractivity contribution in [3.63, 3.8) is 0 Å². The summed E-state index contributed by atoms with van der Waals surface area (Å²) in [4.78, 5) is 0. The van der Waals surface area contributed by atoms with Crippen molar-refractivity contribution in [2.45, 2.75) is 44.8 Å². The summed E-state index contributed by atoms with van der Waals surface area (Å²) >= 11 is 0. The molecule has 0 spiro atoms. The Balaban J connectivity index is 2.12. The summed E-state index contributed by atoms with van der Waals surface area (Å²) in [6.45, 7) is 4.39. The molecule has 0 saturated carbocycles. The van der Waals surface area contributed by atoms with E-state index in [1.54, 1.807) is 0 Å². The number of hydrogen-bond acceptors (Lipinski definition) is 1. The van der Waals surface area contributed by atoms with Gasteiger partial charge in [-0.15, -0.1) is 0 Å². The van der Waals surface area contributed by atoms with E-state index in [0.29, 0.717) is 12.0 Å². The molecule has 11 heavy (non-hydrogen) atoms. The Morgan fingerprint density at radius 1 is 1.45 bits per heavy atom. The molecule has 0 bridgehead atoms. The van der Waals surface area contributed by atoms with Crippen LogP contribution in [-0.4, -0.2) is 11.7 Å². The van der Waals surface area contributed by atoms with Crippen LogP contribution in [0.1, 0.15) is 33.1 Å². The molecule has 2 unspecified atom stereocenters. The number of ether oxygens (including phenoxy) is 1. The Bertz CT molecular complexity index is 181. The number of rotatable bonds is 0. The van der Waals surface area contributed by atoms with Crippen molar-refractivity contribution in [1.29, 1.82) is 0 Å². The number of allylic oxidation sites excluding steroid dienone is 1. The van der Waals surface area contributed by atoms with Crippen molar-refractivity contribution in [3.05, 3.63) is 12.2 Å². The van der Waals surface area contributed by atoms with E-state index in [-0.39, 0.29) is 5.60 Å². The van der Waals surface area contributed by atoms with E-state index in [0.717, 1.165) is 0 Å². The van der Waals surface area contributed by atoms with Crippen molar-refractivity contribution in [1.82, 2.24) is 0 Å². The van der Waals surface area contributed by atoms with Crippen LogP contribution in [0.2, 0.25) is 0 Å². The van der Waals surface area contributed by atoms with E-state index < -0.39 is 0 Å². The number of hydrogen-bond donors (Lipinski definition) is 0. The van der Waals surface area contributed by atoms with E-state index in [4.69, 9.17) is 4.74 Å². The standard InChI is InChI=1S/C10H16O/c1-10(2)7-8-5-3-4-6-9(8)11-10/h3,5,8-9H,4,6-7H2,1-2H3. The third-order valence-corrected chi connectivity index (χ3v) is 2.68. The first-order valence-corrected chi connectivity index (χ1v) is 4.52. The van der Waals surface area contributed by atoms with Gasteiger partial charge in [-0.2, -0.15) is 0 Å². The van der Waals surface area contributed by atoms with Gasteiger partial charge in [0.25, 0.3) is 0 Å². The van der Waals surface area contributed by atoms with Crippen LogP contribution in [-0.2, 0) is 4.74 Å². The summed E-state index contributed by atoms with van der Waals surface area (Å²) in [5.41, 5.74) is 0.129. The minimum atomic E-state index is 0.129. The summed E-state index contributed by atoms with van der Waals surface area (Å²) in [5.74, 6) is 0.707. The van der Waals surface area contributed by atoms with Crippen LogP contribution >= 0.6 is 0 Å². The molecule has 1 nitrogen and oxygen atoms in total. The molecule has 2 rings (SSSR count). The summed E-state index contributed by atoms with van der Waals surface area (Å²) in [6.07, 6.45) is 8.79. The van der Waals surface area contributed by atoms with E-state index in [1.165, 1.54) is 19.3 Å². The van der Waals surface area contributed by atoms with Gasteiger partial charge in [-0.3, -0.25) is 0 Å². The van der Waals surface area contributed by atoms with Crippen LogP contribution in [0.4, 0.5) is 0 Å². The molecular formula is C10H16O. The molecule has 1 aliphatic heterocycles. The van der Waals surface area contributed by atoms with Gasteiger partial charge in [-0.05, 0) is 33.1 Å². The molecule has 1 saturated heterocycles. The summed E-state index contributed by atoms with van der Waals surface area (Å²) in [6, 6.07) is 0. The Labute approximate surface area is 68.4 Å². The van der Waals surface area contributed by atoms with Gasteiger partial charge < -0.3 is 4.74 Å². The Kier molecular flexibility index (Phi) is 1.57. The molecule has 2 aliphatic rings. The van der Waals surface area contributed by atoms with Crippen molar-refractivity contribution in [2.75, 3.05) is 0 Å². The van der Waals surface area contributed by atoms with Gasteiger partial charge in [0.15, 0.2) is 0 Å². The Hall–Kier alpha value is -0.300. The second-order valence-electron chi connectivity index (χ2n) is 4.29. The fraction of sp³-hybridized carbons (Fsp3) is 0.800. The molecular weight excluding hydrogens is 136 g/mol. The van der Waals surface area contributed by atoms with Crippen LogP contribution in [0.25, 0.3) is 0 Å². The average Bonchev–Trinajstić information content (AvgIpc) is 2.21. The fourth-order valence-corrected chi connectivity index (χ4v) is 2.24. The van der Waals surface area contributed by atoms with E-state index in [1.807, 2.05) is 0 Å². The van der Waals surface area contributed by atoms with Crippen LogP contribution in [0.15, 0.2) is 12.2 Å². The maximum Gasteiger partial charge on any atom is 0.0648 e. The number of fused-ring (bicyclic) bond motifs is 1. The SMILES string of the molecule is CC1(C)CC2C=CCCC2O1. The highest BCUT2D eigenvalue weighted by Crippen LogP contribution is 2.39. The van der Waals surface area contributed by atoms with Crippen LogP contribution in [0.3, 0.4) is 0 Å². The molecule has 0 amide bonds. The van der Waals surface area contributed by atoms with Gasteiger partial charge >= 0.3 is 0 Å². The van der Waals surface area contributed by atoms with E-state index in [9.17, 15) is 0 Å². The monoisotopic (exact) mass is 152 g/mol. The highest BCUT2D eigenvalue weighted by Gasteiger charge is 2.39. The van der Waals surface area contributed by atoms with E-state index in [2.05, 4.69) is 26.0 Å². The van der Waals surface area contributed by atoms with Crippen molar-refractivity contribution in [3.8, 4) is 0 Å². The van der Waals surface area contributed by atoms with Gasteiger partial charge in [0.2, 0.25) is 0 Å². The normalized spacial score (nSPS) is 40.5. The molecule has 1 heteroatoms. The quantitative estimate of drug-likeness (QED) is 0.485. The van der Waals surface area contributed by atoms with E-state index >= 15 is 0 Å². The molecule has 0 radical (unpaired) electrons. The smallest absolute Gasteiger partial charge is 0.0648 e. The lowest BCUT2D eigenvalue weighted by Crippen LogP contribution is -2.20. The predicted octanol–water partition coefficient (Wildman–Crippen LogP) is 2.52. The molecule has 1 fully saturated rings. The average molecular weight is 152 g/mol. The molecule has 0 aromatic heterocycles. The fourth-order valence-electron chi connectivity index (χ4n) is 2.24. The minimum Gasteiger partial charge on any atom is -0.372 e. The maximum absolute atomic E-state index is 5.90. The van der Waals surface area contributed by atoms with Gasteiger partial charge in [0.1, 0.15) is 0 Å². The summed E-state index contributed by atoms with van der Waals surface area (Å²) < 4.78 is 5.90. The van der Waals surface area contributed by atoms with Gasteiger partial charge in [0.05, 0.1) is 11.7 Å². The van der Waals surface area contributed by atoms with Crippen LogP contribution < -0.4 is 0 Å². The maximum atomic E-state index is 5.90. The second-order valence-corrected chi connectivity index (χ2v) is 4.29. The first-order chi connectivity index (χ1) is 5.17. The first-order valence-electron chi connectivity index (χ1n) is 4.52. The highest BCUT2D eigenvalue weighted by molar-refractivity contribution is 5.04. The molecule has 2 atom stereocenters. The lowest BCUT2D eigenvalue weighted by Gasteiger charge is -2.20. The summed E-state index contributed by atoms with van der Waals surface area (Å²) in [5, 5.41) is 0. The topological polar surface area (TPSA) is 9.23 Å². The van der Waals surface area contributed by atoms with Crippen LogP contribution in [0.5, 0.6) is 0 Å². The highest BCUT2D eigenvalue weighted by atomic mass is 16.5. The summed E-state index contributed by atoms with van der Waals surface area (Å²) in [7, 11) is 0. The first kappa shape index (κ1) is 7.35. The molecule has 1 heterocycles. The lowest BCUT2D eigenvalue weighted by molar-refractivity contribution is -0.0224. The lowest BCUT2D eigenvalue weighted by atomic mass is 9.89. The van der Waals surface area contributed by atoms with Gasteiger partial charge in [-0.1, -0.05) is 12.2 Å². The molecule has 0 N–H and O–H groups in total. The Morgan fingerprint density at radius 2 is 2.27 bits per heavy atom. The van der Waals surface area contributed by atoms with Crippen molar-refractivity contribution in [2.24, 2.45) is 5.92 Å². The molecule has 1 aliphatic carbocycles. The molecule has 0 aromatic rings. The Morgan fingerprint density at radius 3 is 3.00 bits per heavy atom.